The predicted molar refractivity (Wildman–Crippen MR) is 99.1 cm³/mol. The molecule has 0 radical (unpaired) electrons. The van der Waals surface area contributed by atoms with Crippen molar-refractivity contribution in [2.24, 2.45) is 0 Å². The highest BCUT2D eigenvalue weighted by molar-refractivity contribution is 7.13. The topological polar surface area (TPSA) is 79.3 Å². The number of nitrogens with zero attached hydrogens (tertiary/aromatic N) is 1. The largest absolute Gasteiger partial charge is 0.481 e. The zero-order valence-electron chi connectivity index (χ0n) is 14.6. The van der Waals surface area contributed by atoms with Crippen molar-refractivity contribution in [2.75, 3.05) is 0 Å². The van der Waals surface area contributed by atoms with Crippen molar-refractivity contribution < 1.29 is 14.7 Å². The van der Waals surface area contributed by atoms with Crippen LogP contribution in [0.15, 0.2) is 30.3 Å². The Bertz CT molecular complexity index is 713. The van der Waals surface area contributed by atoms with Gasteiger partial charge in [0.25, 0.3) is 5.91 Å². The smallest absolute Gasteiger partial charge is 0.303 e. The molecule has 5 nitrogen and oxygen atoms in total. The minimum atomic E-state index is -0.855. The number of aromatic nitrogens is 1. The first-order chi connectivity index (χ1) is 12.0. The molecule has 2 aromatic rings. The Morgan fingerprint density at radius 2 is 2.00 bits per heavy atom. The Kier molecular flexibility index (Phi) is 7.13. The first-order valence-electron chi connectivity index (χ1n) is 8.52. The van der Waals surface area contributed by atoms with Gasteiger partial charge in [-0.2, -0.15) is 0 Å². The van der Waals surface area contributed by atoms with Crippen LogP contribution >= 0.6 is 11.3 Å². The van der Waals surface area contributed by atoms with Gasteiger partial charge in [-0.25, -0.2) is 4.98 Å². The van der Waals surface area contributed by atoms with Gasteiger partial charge in [0.05, 0.1) is 10.7 Å². The second kappa shape index (κ2) is 9.32. The molecule has 6 heteroatoms. The second-order valence-corrected chi connectivity index (χ2v) is 7.15. The van der Waals surface area contributed by atoms with Crippen LogP contribution in [0.2, 0.25) is 0 Å². The quantitative estimate of drug-likeness (QED) is 0.716. The number of hydrogen-bond donors (Lipinski definition) is 2. The van der Waals surface area contributed by atoms with E-state index >= 15 is 0 Å². The number of hydrogen-bond acceptors (Lipinski definition) is 4. The van der Waals surface area contributed by atoms with Crippen LogP contribution in [0.1, 0.15) is 52.1 Å². The Balaban J connectivity index is 2.08. The summed E-state index contributed by atoms with van der Waals surface area (Å²) < 4.78 is 0. The van der Waals surface area contributed by atoms with Gasteiger partial charge in [-0.05, 0) is 38.2 Å². The van der Waals surface area contributed by atoms with Crippen molar-refractivity contribution in [3.8, 4) is 0 Å². The van der Waals surface area contributed by atoms with Crippen LogP contribution in [0.5, 0.6) is 0 Å². The monoisotopic (exact) mass is 360 g/mol. The Labute approximate surface area is 152 Å². The molecule has 1 unspecified atom stereocenters. The summed E-state index contributed by atoms with van der Waals surface area (Å²) in [5, 5.41) is 12.9. The zero-order chi connectivity index (χ0) is 18.2. The summed E-state index contributed by atoms with van der Waals surface area (Å²) in [5.74, 6) is -1.02. The molecule has 1 aromatic heterocycles. The van der Waals surface area contributed by atoms with Gasteiger partial charge in [0, 0.05) is 12.5 Å². The highest BCUT2D eigenvalue weighted by Gasteiger charge is 2.20. The number of aryl methyl sites for hydroxylation is 2. The molecule has 0 aliphatic rings. The van der Waals surface area contributed by atoms with Crippen LogP contribution in [0.4, 0.5) is 0 Å². The standard InChI is InChI=1S/C19H24N2O3S/c1-3-7-16-20-13(2)18(25-16)19(24)21-15(10-11-17(22)23)12-14-8-5-4-6-9-14/h4-6,8-9,15H,3,7,10-12H2,1-2H3,(H,21,24)(H,22,23). The van der Waals surface area contributed by atoms with Gasteiger partial charge >= 0.3 is 5.97 Å². The number of nitrogens with one attached hydrogen (secondary N) is 1. The lowest BCUT2D eigenvalue weighted by molar-refractivity contribution is -0.137. The van der Waals surface area contributed by atoms with Gasteiger partial charge in [-0.15, -0.1) is 11.3 Å². The van der Waals surface area contributed by atoms with E-state index < -0.39 is 5.97 Å². The summed E-state index contributed by atoms with van der Waals surface area (Å²) in [6, 6.07) is 9.56. The van der Waals surface area contributed by atoms with Gasteiger partial charge < -0.3 is 10.4 Å². The molecule has 0 fully saturated rings. The third-order valence-corrected chi connectivity index (χ3v) is 5.09. The highest BCUT2D eigenvalue weighted by atomic mass is 32.1. The number of carboxylic acid groups (broad SMARTS) is 1. The molecule has 1 aromatic carbocycles. The fourth-order valence-electron chi connectivity index (χ4n) is 2.66. The zero-order valence-corrected chi connectivity index (χ0v) is 15.4. The van der Waals surface area contributed by atoms with Crippen LogP contribution in [0.25, 0.3) is 0 Å². The van der Waals surface area contributed by atoms with E-state index in [0.717, 1.165) is 29.1 Å². The van der Waals surface area contributed by atoms with Crippen molar-refractivity contribution >= 4 is 23.2 Å². The summed E-state index contributed by atoms with van der Waals surface area (Å²) in [6.07, 6.45) is 2.89. The summed E-state index contributed by atoms with van der Waals surface area (Å²) in [7, 11) is 0. The molecule has 134 valence electrons. The average Bonchev–Trinajstić information content (AvgIpc) is 2.94. The summed E-state index contributed by atoms with van der Waals surface area (Å²) in [5.41, 5.74) is 1.81. The molecular formula is C19H24N2O3S. The highest BCUT2D eigenvalue weighted by Crippen LogP contribution is 2.20. The van der Waals surface area contributed by atoms with E-state index in [4.69, 9.17) is 5.11 Å². The number of benzene rings is 1. The molecule has 0 spiro atoms. The summed E-state index contributed by atoms with van der Waals surface area (Å²) >= 11 is 1.43. The first-order valence-corrected chi connectivity index (χ1v) is 9.34. The molecule has 1 heterocycles. The van der Waals surface area contributed by atoms with Crippen LogP contribution in [0, 0.1) is 6.92 Å². The van der Waals surface area contributed by atoms with Crippen molar-refractivity contribution in [1.29, 1.82) is 0 Å². The average molecular weight is 360 g/mol. The summed E-state index contributed by atoms with van der Waals surface area (Å²) in [4.78, 5) is 28.6. The minimum absolute atomic E-state index is 0.0283. The van der Waals surface area contributed by atoms with Gasteiger partial charge in [0.2, 0.25) is 0 Å². The van der Waals surface area contributed by atoms with E-state index in [1.165, 1.54) is 11.3 Å². The van der Waals surface area contributed by atoms with E-state index in [2.05, 4.69) is 17.2 Å². The van der Waals surface area contributed by atoms with Crippen molar-refractivity contribution in [3.05, 3.63) is 51.5 Å². The number of aliphatic carboxylic acids is 1. The maximum atomic E-state index is 12.6. The van der Waals surface area contributed by atoms with E-state index in [9.17, 15) is 9.59 Å². The van der Waals surface area contributed by atoms with E-state index in [-0.39, 0.29) is 18.4 Å². The molecule has 0 aliphatic carbocycles. The summed E-state index contributed by atoms with van der Waals surface area (Å²) in [6.45, 7) is 3.92. The van der Waals surface area contributed by atoms with E-state index in [0.29, 0.717) is 17.7 Å². The molecule has 25 heavy (non-hydrogen) atoms. The third kappa shape index (κ3) is 5.98. The molecule has 0 saturated heterocycles. The van der Waals surface area contributed by atoms with Gasteiger partial charge in [0.1, 0.15) is 4.88 Å². The van der Waals surface area contributed by atoms with E-state index in [1.54, 1.807) is 0 Å². The lowest BCUT2D eigenvalue weighted by atomic mass is 10.0. The Morgan fingerprint density at radius 3 is 2.64 bits per heavy atom. The molecule has 0 aliphatic heterocycles. The van der Waals surface area contributed by atoms with Gasteiger partial charge in [-0.1, -0.05) is 37.3 Å². The molecule has 2 N–H and O–H groups in total. The number of carboxylic acids is 1. The molecule has 1 amide bonds. The normalized spacial score (nSPS) is 11.9. The fourth-order valence-corrected chi connectivity index (χ4v) is 3.73. The van der Waals surface area contributed by atoms with Crippen molar-refractivity contribution in [2.45, 2.75) is 52.0 Å². The van der Waals surface area contributed by atoms with Crippen LogP contribution in [-0.4, -0.2) is 28.0 Å². The van der Waals surface area contributed by atoms with Gasteiger partial charge in [-0.3, -0.25) is 9.59 Å². The Morgan fingerprint density at radius 1 is 1.28 bits per heavy atom. The predicted octanol–water partition coefficient (Wildman–Crippen LogP) is 3.61. The van der Waals surface area contributed by atoms with Gasteiger partial charge in [0.15, 0.2) is 0 Å². The number of carbonyl (C=O) groups is 2. The molecular weight excluding hydrogens is 336 g/mol. The molecule has 2 rings (SSSR count). The lowest BCUT2D eigenvalue weighted by Crippen LogP contribution is -2.36. The lowest BCUT2D eigenvalue weighted by Gasteiger charge is -2.18. The van der Waals surface area contributed by atoms with Crippen molar-refractivity contribution in [3.63, 3.8) is 0 Å². The molecule has 1 atom stereocenters. The number of rotatable bonds is 9. The van der Waals surface area contributed by atoms with Crippen LogP contribution < -0.4 is 5.32 Å². The minimum Gasteiger partial charge on any atom is -0.481 e. The third-order valence-electron chi connectivity index (χ3n) is 3.88. The maximum absolute atomic E-state index is 12.6. The fraction of sp³-hybridized carbons (Fsp3) is 0.421. The second-order valence-electron chi connectivity index (χ2n) is 6.06. The van der Waals surface area contributed by atoms with Crippen LogP contribution in [0.3, 0.4) is 0 Å². The number of carbonyl (C=O) groups excluding carboxylic acids is 1. The van der Waals surface area contributed by atoms with E-state index in [1.807, 2.05) is 37.3 Å². The Hall–Kier alpha value is -2.21. The maximum Gasteiger partial charge on any atom is 0.303 e. The van der Waals surface area contributed by atoms with Crippen LogP contribution in [-0.2, 0) is 17.6 Å². The first kappa shape index (κ1) is 19.1. The number of thiazole rings is 1. The number of amides is 1. The molecule has 0 saturated carbocycles. The van der Waals surface area contributed by atoms with Crippen molar-refractivity contribution in [1.82, 2.24) is 10.3 Å². The SMILES string of the molecule is CCCc1nc(C)c(C(=O)NC(CCC(=O)O)Cc2ccccc2)s1. The molecule has 0 bridgehead atoms.